The molecule has 164 valence electrons. The highest BCUT2D eigenvalue weighted by molar-refractivity contribution is 7.80. The fourth-order valence-electron chi connectivity index (χ4n) is 4.14. The molecule has 6 nitrogen and oxygen atoms in total. The summed E-state index contributed by atoms with van der Waals surface area (Å²) < 4.78 is 6.32. The van der Waals surface area contributed by atoms with Crippen LogP contribution in [0.3, 0.4) is 0 Å². The third kappa shape index (κ3) is 3.99. The first kappa shape index (κ1) is 20.9. The number of carboxylic acids is 1. The molecule has 0 radical (unpaired) electrons. The van der Waals surface area contributed by atoms with Crippen LogP contribution in [-0.2, 0) is 0 Å². The van der Waals surface area contributed by atoms with Gasteiger partial charge in [0.05, 0.1) is 17.3 Å². The molecule has 1 aliphatic heterocycles. The number of carbonyl (C=O) groups is 1. The van der Waals surface area contributed by atoms with Crippen molar-refractivity contribution >= 4 is 29.0 Å². The predicted octanol–water partition coefficient (Wildman–Crippen LogP) is 5.53. The van der Waals surface area contributed by atoms with E-state index in [0.29, 0.717) is 10.9 Å². The van der Waals surface area contributed by atoms with E-state index in [0.717, 1.165) is 28.3 Å². The van der Waals surface area contributed by atoms with E-state index in [-0.39, 0.29) is 17.6 Å². The standard InChI is InChI=1S/C26H21N3O3S/c1-16-5-4-6-19(15-16)29-24(23(28-26(29)33)20-7-2-3-14-27-20)22-13-12-21(32-22)17-8-10-18(11-9-17)25(30)31/h2-15,23-24H,1H3,(H,28,33)(H,30,31)/t23-,24-/m0/s1. The number of hydrogen-bond acceptors (Lipinski definition) is 4. The van der Waals surface area contributed by atoms with Crippen molar-refractivity contribution in [3.63, 3.8) is 0 Å². The quantitative estimate of drug-likeness (QED) is 0.383. The molecule has 7 heteroatoms. The van der Waals surface area contributed by atoms with E-state index in [1.807, 2.05) is 55.5 Å². The van der Waals surface area contributed by atoms with Crippen LogP contribution in [0.2, 0.25) is 0 Å². The summed E-state index contributed by atoms with van der Waals surface area (Å²) in [4.78, 5) is 17.8. The summed E-state index contributed by atoms with van der Waals surface area (Å²) >= 11 is 5.75. The number of nitrogens with one attached hydrogen (secondary N) is 1. The van der Waals surface area contributed by atoms with E-state index >= 15 is 0 Å². The second kappa shape index (κ2) is 8.52. The summed E-state index contributed by atoms with van der Waals surface area (Å²) in [6.45, 7) is 2.05. The Bertz CT molecular complexity index is 1320. The van der Waals surface area contributed by atoms with Gasteiger partial charge in [0.1, 0.15) is 17.6 Å². The van der Waals surface area contributed by atoms with E-state index in [1.165, 1.54) is 0 Å². The average molecular weight is 456 g/mol. The predicted molar refractivity (Wildman–Crippen MR) is 130 cm³/mol. The third-order valence-electron chi connectivity index (χ3n) is 5.71. The number of hydrogen-bond donors (Lipinski definition) is 2. The van der Waals surface area contributed by atoms with E-state index in [2.05, 4.69) is 21.3 Å². The minimum atomic E-state index is -0.959. The molecule has 0 aliphatic carbocycles. The number of thiocarbonyl (C=S) groups is 1. The molecule has 0 unspecified atom stereocenters. The molecular weight excluding hydrogens is 434 g/mol. The molecule has 2 N–H and O–H groups in total. The van der Waals surface area contributed by atoms with Crippen LogP contribution in [0.25, 0.3) is 11.3 Å². The Labute approximate surface area is 196 Å². The van der Waals surface area contributed by atoms with Crippen LogP contribution in [0.1, 0.15) is 39.5 Å². The Morgan fingerprint density at radius 2 is 1.88 bits per heavy atom. The van der Waals surface area contributed by atoms with Gasteiger partial charge in [0.2, 0.25) is 0 Å². The van der Waals surface area contributed by atoms with Gasteiger partial charge in [0, 0.05) is 17.4 Å². The number of aromatic carboxylic acids is 1. The summed E-state index contributed by atoms with van der Waals surface area (Å²) in [5.74, 6) is 0.430. The van der Waals surface area contributed by atoms with Crippen molar-refractivity contribution in [2.75, 3.05) is 4.90 Å². The molecule has 3 heterocycles. The zero-order chi connectivity index (χ0) is 22.9. The molecule has 1 fully saturated rings. The lowest BCUT2D eigenvalue weighted by Gasteiger charge is -2.26. The van der Waals surface area contributed by atoms with E-state index in [9.17, 15) is 4.79 Å². The van der Waals surface area contributed by atoms with Gasteiger partial charge >= 0.3 is 5.97 Å². The summed E-state index contributed by atoms with van der Waals surface area (Å²) in [7, 11) is 0. The first-order valence-corrected chi connectivity index (χ1v) is 10.9. The maximum atomic E-state index is 11.2. The van der Waals surface area contributed by atoms with Crippen molar-refractivity contribution < 1.29 is 14.3 Å². The number of anilines is 1. The molecule has 1 saturated heterocycles. The van der Waals surface area contributed by atoms with Crippen LogP contribution < -0.4 is 10.2 Å². The molecule has 0 bridgehead atoms. The van der Waals surface area contributed by atoms with Crippen molar-refractivity contribution in [1.82, 2.24) is 10.3 Å². The molecular formula is C26H21N3O3S. The highest BCUT2D eigenvalue weighted by Crippen LogP contribution is 2.43. The number of rotatable bonds is 5. The van der Waals surface area contributed by atoms with Crippen molar-refractivity contribution in [3.8, 4) is 11.3 Å². The lowest BCUT2D eigenvalue weighted by atomic mass is 10.0. The van der Waals surface area contributed by atoms with Crippen LogP contribution in [0, 0.1) is 6.92 Å². The van der Waals surface area contributed by atoms with Crippen molar-refractivity contribution in [3.05, 3.63) is 108 Å². The van der Waals surface area contributed by atoms with Gasteiger partial charge < -0.3 is 19.7 Å². The van der Waals surface area contributed by atoms with Gasteiger partial charge in [-0.1, -0.05) is 30.3 Å². The van der Waals surface area contributed by atoms with Crippen LogP contribution in [0.15, 0.2) is 89.5 Å². The molecule has 2 aromatic carbocycles. The Balaban J connectivity index is 1.57. The zero-order valence-electron chi connectivity index (χ0n) is 17.8. The van der Waals surface area contributed by atoms with Crippen LogP contribution >= 0.6 is 12.2 Å². The van der Waals surface area contributed by atoms with E-state index in [4.69, 9.17) is 21.7 Å². The Hall–Kier alpha value is -3.97. The summed E-state index contributed by atoms with van der Waals surface area (Å²) in [6.07, 6.45) is 1.77. The SMILES string of the molecule is Cc1cccc(N2C(=S)N[C@@H](c3ccccn3)[C@@H]2c2ccc(-c3ccc(C(=O)O)cc3)o2)c1. The van der Waals surface area contributed by atoms with Crippen molar-refractivity contribution in [2.45, 2.75) is 19.0 Å². The average Bonchev–Trinajstić information content (AvgIpc) is 3.44. The molecule has 5 rings (SSSR count). The highest BCUT2D eigenvalue weighted by Gasteiger charge is 2.42. The van der Waals surface area contributed by atoms with Gasteiger partial charge in [0.25, 0.3) is 0 Å². The molecule has 0 amide bonds. The first-order valence-electron chi connectivity index (χ1n) is 10.5. The molecule has 2 aromatic heterocycles. The van der Waals surface area contributed by atoms with E-state index in [1.54, 1.807) is 30.5 Å². The van der Waals surface area contributed by atoms with Crippen LogP contribution in [-0.4, -0.2) is 21.2 Å². The van der Waals surface area contributed by atoms with Gasteiger partial charge in [-0.15, -0.1) is 0 Å². The largest absolute Gasteiger partial charge is 0.478 e. The van der Waals surface area contributed by atoms with E-state index < -0.39 is 5.97 Å². The number of carboxylic acid groups (broad SMARTS) is 1. The zero-order valence-corrected chi connectivity index (χ0v) is 18.6. The number of aromatic nitrogens is 1. The fourth-order valence-corrected chi connectivity index (χ4v) is 4.49. The second-order valence-corrected chi connectivity index (χ2v) is 8.31. The maximum absolute atomic E-state index is 11.2. The lowest BCUT2D eigenvalue weighted by Crippen LogP contribution is -2.29. The van der Waals surface area contributed by atoms with Crippen LogP contribution in [0.4, 0.5) is 5.69 Å². The van der Waals surface area contributed by atoms with Crippen molar-refractivity contribution in [1.29, 1.82) is 0 Å². The summed E-state index contributed by atoms with van der Waals surface area (Å²) in [5.41, 5.74) is 4.01. The van der Waals surface area contributed by atoms with Crippen LogP contribution in [0.5, 0.6) is 0 Å². The van der Waals surface area contributed by atoms with Crippen molar-refractivity contribution in [2.24, 2.45) is 0 Å². The number of furan rings is 1. The molecule has 2 atom stereocenters. The molecule has 33 heavy (non-hydrogen) atoms. The molecule has 0 saturated carbocycles. The van der Waals surface area contributed by atoms with Gasteiger partial charge in [0.15, 0.2) is 5.11 Å². The second-order valence-electron chi connectivity index (χ2n) is 7.92. The molecule has 0 spiro atoms. The number of benzene rings is 2. The number of aryl methyl sites for hydroxylation is 1. The normalized spacial score (nSPS) is 17.7. The van der Waals surface area contributed by atoms with Gasteiger partial charge in [-0.25, -0.2) is 4.79 Å². The first-order chi connectivity index (χ1) is 16.0. The Morgan fingerprint density at radius 3 is 2.58 bits per heavy atom. The van der Waals surface area contributed by atoms with Gasteiger partial charge in [-0.3, -0.25) is 4.98 Å². The fraction of sp³-hybridized carbons (Fsp3) is 0.115. The maximum Gasteiger partial charge on any atom is 0.335 e. The monoisotopic (exact) mass is 455 g/mol. The Morgan fingerprint density at radius 1 is 1.06 bits per heavy atom. The molecule has 4 aromatic rings. The Kier molecular flexibility index (Phi) is 5.40. The van der Waals surface area contributed by atoms with Gasteiger partial charge in [-0.2, -0.15) is 0 Å². The molecule has 1 aliphatic rings. The summed E-state index contributed by atoms with van der Waals surface area (Å²) in [6, 6.07) is 24.0. The number of nitrogens with zero attached hydrogens (tertiary/aromatic N) is 2. The number of pyridine rings is 1. The topological polar surface area (TPSA) is 78.6 Å². The third-order valence-corrected chi connectivity index (χ3v) is 6.03. The minimum Gasteiger partial charge on any atom is -0.478 e. The highest BCUT2D eigenvalue weighted by atomic mass is 32.1. The minimum absolute atomic E-state index is 0.201. The van der Waals surface area contributed by atoms with Gasteiger partial charge in [-0.05, 0) is 73.2 Å². The smallest absolute Gasteiger partial charge is 0.335 e. The summed E-state index contributed by atoms with van der Waals surface area (Å²) in [5, 5.41) is 13.2. The lowest BCUT2D eigenvalue weighted by molar-refractivity contribution is 0.0697.